The van der Waals surface area contributed by atoms with Gasteiger partial charge in [-0.25, -0.2) is 14.1 Å². The Labute approximate surface area is 158 Å². The van der Waals surface area contributed by atoms with Crippen molar-refractivity contribution >= 4 is 21.9 Å². The van der Waals surface area contributed by atoms with Crippen molar-refractivity contribution in [1.29, 1.82) is 0 Å². The monoisotopic (exact) mass is 396 g/mol. The van der Waals surface area contributed by atoms with E-state index in [1.165, 1.54) is 33.7 Å². The molecule has 3 aliphatic heterocycles. The van der Waals surface area contributed by atoms with Gasteiger partial charge in [0.2, 0.25) is 5.88 Å². The lowest BCUT2D eigenvalue weighted by atomic mass is 10.1. The number of pyridine rings is 1. The summed E-state index contributed by atoms with van der Waals surface area (Å²) in [5, 5.41) is 9.19. The van der Waals surface area contributed by atoms with Gasteiger partial charge in [0, 0.05) is 25.3 Å². The molecule has 1 aromatic rings. The van der Waals surface area contributed by atoms with Crippen LogP contribution in [0.25, 0.3) is 0 Å². The Morgan fingerprint density at radius 3 is 2.52 bits per heavy atom. The highest BCUT2D eigenvalue weighted by molar-refractivity contribution is 7.90. The maximum atomic E-state index is 13.2. The molecule has 9 nitrogen and oxygen atoms in total. The molecule has 4 rings (SSSR count). The number of hydrogen-bond acceptors (Lipinski definition) is 6. The summed E-state index contributed by atoms with van der Waals surface area (Å²) in [5.41, 5.74) is 0.134. The second kappa shape index (κ2) is 7.25. The van der Waals surface area contributed by atoms with Crippen LogP contribution in [0.2, 0.25) is 0 Å². The number of nitrogens with zero attached hydrogens (tertiary/aromatic N) is 4. The van der Waals surface area contributed by atoms with Crippen LogP contribution in [0.4, 0.5) is 5.69 Å². The van der Waals surface area contributed by atoms with Gasteiger partial charge in [-0.3, -0.25) is 0 Å². The van der Waals surface area contributed by atoms with Crippen LogP contribution in [0.1, 0.15) is 36.0 Å². The van der Waals surface area contributed by atoms with E-state index in [9.17, 15) is 18.3 Å². The lowest BCUT2D eigenvalue weighted by Crippen LogP contribution is -2.52. The van der Waals surface area contributed by atoms with E-state index in [1.54, 1.807) is 0 Å². The van der Waals surface area contributed by atoms with E-state index in [0.717, 1.165) is 25.9 Å². The Morgan fingerprint density at radius 2 is 1.85 bits per heavy atom. The fraction of sp³-hybridized carbons (Fsp3) is 0.647. The standard InChI is InChI=1S/C17H24N4O5S/c22-17(23)13-11-15-16(18-12-13)26-10-9-21(15)27(24,25)20-7-3-14(4-8-20)19-5-1-2-6-19/h11-12,14H,1-10H2,(H,22,23). The van der Waals surface area contributed by atoms with Crippen molar-refractivity contribution in [2.75, 3.05) is 43.6 Å². The van der Waals surface area contributed by atoms with Gasteiger partial charge in [0.25, 0.3) is 0 Å². The number of hydrogen-bond donors (Lipinski definition) is 1. The number of carboxylic acid groups (broad SMARTS) is 1. The van der Waals surface area contributed by atoms with Gasteiger partial charge < -0.3 is 14.7 Å². The Morgan fingerprint density at radius 1 is 1.15 bits per heavy atom. The first-order valence-electron chi connectivity index (χ1n) is 9.35. The number of aromatic carboxylic acids is 1. The number of rotatable bonds is 4. The molecule has 10 heteroatoms. The minimum absolute atomic E-state index is 0.0628. The van der Waals surface area contributed by atoms with Crippen LogP contribution < -0.4 is 9.04 Å². The van der Waals surface area contributed by atoms with Crippen LogP contribution in [0.3, 0.4) is 0 Å². The number of likely N-dealkylation sites (tertiary alicyclic amines) is 1. The molecule has 4 heterocycles. The van der Waals surface area contributed by atoms with Crippen molar-refractivity contribution in [3.63, 3.8) is 0 Å². The number of carbonyl (C=O) groups is 1. The summed E-state index contributed by atoms with van der Waals surface area (Å²) in [4.78, 5) is 17.7. The number of fused-ring (bicyclic) bond motifs is 1. The Kier molecular flexibility index (Phi) is 4.95. The summed E-state index contributed by atoms with van der Waals surface area (Å²) in [6, 6.07) is 1.77. The van der Waals surface area contributed by atoms with Crippen molar-refractivity contribution in [2.24, 2.45) is 0 Å². The first-order chi connectivity index (χ1) is 13.0. The maximum absolute atomic E-state index is 13.2. The lowest BCUT2D eigenvalue weighted by molar-refractivity contribution is 0.0696. The molecule has 1 aromatic heterocycles. The quantitative estimate of drug-likeness (QED) is 0.802. The highest BCUT2D eigenvalue weighted by Crippen LogP contribution is 2.34. The molecular formula is C17H24N4O5S. The summed E-state index contributed by atoms with van der Waals surface area (Å²) in [6.07, 6.45) is 5.27. The van der Waals surface area contributed by atoms with Crippen molar-refractivity contribution in [1.82, 2.24) is 14.2 Å². The highest BCUT2D eigenvalue weighted by Gasteiger charge is 2.38. The van der Waals surface area contributed by atoms with E-state index in [2.05, 4.69) is 9.88 Å². The summed E-state index contributed by atoms with van der Waals surface area (Å²) < 4.78 is 34.6. The molecule has 2 fully saturated rings. The van der Waals surface area contributed by atoms with E-state index in [1.807, 2.05) is 0 Å². The van der Waals surface area contributed by atoms with E-state index < -0.39 is 16.2 Å². The van der Waals surface area contributed by atoms with Gasteiger partial charge >= 0.3 is 16.2 Å². The van der Waals surface area contributed by atoms with Gasteiger partial charge in [0.1, 0.15) is 12.3 Å². The summed E-state index contributed by atoms with van der Waals surface area (Å²) in [6.45, 7) is 3.50. The van der Waals surface area contributed by atoms with E-state index in [4.69, 9.17) is 4.74 Å². The molecule has 0 spiro atoms. The molecule has 148 valence electrons. The summed E-state index contributed by atoms with van der Waals surface area (Å²) in [7, 11) is -3.75. The zero-order chi connectivity index (χ0) is 19.0. The summed E-state index contributed by atoms with van der Waals surface area (Å²) >= 11 is 0. The number of aromatic nitrogens is 1. The highest BCUT2D eigenvalue weighted by atomic mass is 32.2. The Hall–Kier alpha value is -1.91. The fourth-order valence-corrected chi connectivity index (χ4v) is 5.75. The largest absolute Gasteiger partial charge is 0.478 e. The SMILES string of the molecule is O=C(O)c1cnc2c(c1)N(S(=O)(=O)N1CCC(N3CCCC3)CC1)CCO2. The van der Waals surface area contributed by atoms with Crippen LogP contribution in [0.15, 0.2) is 12.3 Å². The Balaban J connectivity index is 1.53. The predicted octanol–water partition coefficient (Wildman–Crippen LogP) is 0.784. The fourth-order valence-electron chi connectivity index (χ4n) is 4.12. The van der Waals surface area contributed by atoms with E-state index in [0.29, 0.717) is 19.1 Å². The van der Waals surface area contributed by atoms with Gasteiger partial charge in [-0.15, -0.1) is 0 Å². The molecule has 0 aliphatic carbocycles. The van der Waals surface area contributed by atoms with Gasteiger partial charge in [0.05, 0.1) is 12.1 Å². The van der Waals surface area contributed by atoms with Gasteiger partial charge in [0.15, 0.2) is 0 Å². The molecule has 3 aliphatic rings. The first kappa shape index (κ1) is 18.5. The molecule has 27 heavy (non-hydrogen) atoms. The van der Waals surface area contributed by atoms with Crippen LogP contribution in [-0.2, 0) is 10.2 Å². The van der Waals surface area contributed by atoms with Crippen LogP contribution in [0.5, 0.6) is 5.88 Å². The third kappa shape index (κ3) is 3.48. The van der Waals surface area contributed by atoms with Crippen LogP contribution in [-0.4, -0.2) is 79.1 Å². The molecule has 0 amide bonds. The number of ether oxygens (including phenoxy) is 1. The second-order valence-electron chi connectivity index (χ2n) is 7.16. The molecule has 0 bridgehead atoms. The molecular weight excluding hydrogens is 372 g/mol. The smallest absolute Gasteiger partial charge is 0.337 e. The molecule has 0 saturated carbocycles. The third-order valence-corrected chi connectivity index (χ3v) is 7.52. The maximum Gasteiger partial charge on any atom is 0.337 e. The average Bonchev–Trinajstić information content (AvgIpc) is 3.22. The van der Waals surface area contributed by atoms with E-state index in [-0.39, 0.29) is 30.3 Å². The first-order valence-corrected chi connectivity index (χ1v) is 10.7. The van der Waals surface area contributed by atoms with Gasteiger partial charge in [-0.1, -0.05) is 0 Å². The molecule has 0 radical (unpaired) electrons. The molecule has 2 saturated heterocycles. The van der Waals surface area contributed by atoms with Crippen LogP contribution >= 0.6 is 0 Å². The third-order valence-electron chi connectivity index (χ3n) is 5.57. The molecule has 0 atom stereocenters. The van der Waals surface area contributed by atoms with Crippen molar-refractivity contribution in [3.05, 3.63) is 17.8 Å². The topological polar surface area (TPSA) is 103 Å². The molecule has 0 aromatic carbocycles. The molecule has 1 N–H and O–H groups in total. The zero-order valence-electron chi connectivity index (χ0n) is 15.1. The van der Waals surface area contributed by atoms with Crippen molar-refractivity contribution in [3.8, 4) is 5.88 Å². The average molecular weight is 396 g/mol. The van der Waals surface area contributed by atoms with Crippen molar-refractivity contribution < 1.29 is 23.1 Å². The number of anilines is 1. The predicted molar refractivity (Wildman–Crippen MR) is 98.4 cm³/mol. The minimum atomic E-state index is -3.75. The molecule has 0 unspecified atom stereocenters. The number of piperidine rings is 1. The van der Waals surface area contributed by atoms with Crippen LogP contribution in [0, 0.1) is 0 Å². The zero-order valence-corrected chi connectivity index (χ0v) is 15.9. The summed E-state index contributed by atoms with van der Waals surface area (Å²) in [5.74, 6) is -0.999. The minimum Gasteiger partial charge on any atom is -0.478 e. The lowest BCUT2D eigenvalue weighted by Gasteiger charge is -2.39. The van der Waals surface area contributed by atoms with Gasteiger partial charge in [-0.2, -0.15) is 12.7 Å². The second-order valence-corrected chi connectivity index (χ2v) is 9.01. The van der Waals surface area contributed by atoms with E-state index >= 15 is 0 Å². The van der Waals surface area contributed by atoms with Gasteiger partial charge in [-0.05, 0) is 44.8 Å². The Bertz CT molecular complexity index is 817. The number of carboxylic acids is 1. The normalized spacial score (nSPS) is 22.4. The van der Waals surface area contributed by atoms with Crippen molar-refractivity contribution in [2.45, 2.75) is 31.7 Å².